The fraction of sp³-hybridized carbons (Fsp3) is 0.385. The highest BCUT2D eigenvalue weighted by molar-refractivity contribution is 5.82. The number of benzene rings is 1. The molecule has 0 fully saturated rings. The third-order valence-corrected chi connectivity index (χ3v) is 2.80. The first kappa shape index (κ1) is 11.2. The number of fused-ring (bicyclic) bond motifs is 1. The van der Waals surface area contributed by atoms with Gasteiger partial charge in [-0.25, -0.2) is 0 Å². The molecule has 0 aliphatic rings. The first-order chi connectivity index (χ1) is 7.92. The highest BCUT2D eigenvalue weighted by Crippen LogP contribution is 2.17. The minimum atomic E-state index is 0.786. The molecule has 0 saturated heterocycles. The molecule has 16 heavy (non-hydrogen) atoms. The van der Waals surface area contributed by atoms with Crippen molar-refractivity contribution in [3.8, 4) is 0 Å². The van der Waals surface area contributed by atoms with E-state index in [2.05, 4.69) is 40.8 Å². The molecule has 0 radical (unpaired) electrons. The number of nitrogens with two attached hydrogens (primary N) is 1. The number of unbranched alkanes of at least 4 members (excludes halogenated alkanes) is 1. The quantitative estimate of drug-likeness (QED) is 0.648. The molecule has 0 atom stereocenters. The molecule has 2 aromatic rings. The molecular weight excluding hydrogens is 198 g/mol. The third kappa shape index (κ3) is 2.62. The summed E-state index contributed by atoms with van der Waals surface area (Å²) in [6.07, 6.45) is 4.33. The van der Waals surface area contributed by atoms with E-state index in [1.54, 1.807) is 0 Å². The highest BCUT2D eigenvalue weighted by atomic mass is 14.9. The lowest BCUT2D eigenvalue weighted by atomic mass is 10.2. The van der Waals surface area contributed by atoms with Crippen LogP contribution in [0.25, 0.3) is 10.9 Å². The molecule has 4 N–H and O–H groups in total. The summed E-state index contributed by atoms with van der Waals surface area (Å²) >= 11 is 0. The van der Waals surface area contributed by atoms with E-state index in [-0.39, 0.29) is 0 Å². The van der Waals surface area contributed by atoms with Crippen LogP contribution in [0.3, 0.4) is 0 Å². The Morgan fingerprint density at radius 2 is 2.06 bits per heavy atom. The fourth-order valence-electron chi connectivity index (χ4n) is 1.90. The van der Waals surface area contributed by atoms with Gasteiger partial charge in [0, 0.05) is 23.6 Å². The maximum atomic E-state index is 5.45. The van der Waals surface area contributed by atoms with Gasteiger partial charge in [0.15, 0.2) is 0 Å². The van der Waals surface area contributed by atoms with Crippen LogP contribution in [0.5, 0.6) is 0 Å². The van der Waals surface area contributed by atoms with Gasteiger partial charge in [0.1, 0.15) is 0 Å². The van der Waals surface area contributed by atoms with Crippen LogP contribution in [0, 0.1) is 0 Å². The average Bonchev–Trinajstić information content (AvgIpc) is 2.73. The van der Waals surface area contributed by atoms with Gasteiger partial charge >= 0.3 is 0 Å². The number of hydrogen-bond acceptors (Lipinski definition) is 2. The van der Waals surface area contributed by atoms with Crippen molar-refractivity contribution in [3.05, 3.63) is 36.0 Å². The molecule has 86 valence electrons. The molecule has 1 aromatic heterocycles. The molecule has 0 bridgehead atoms. The van der Waals surface area contributed by atoms with Crippen LogP contribution in [0.1, 0.15) is 18.4 Å². The number of aromatic amines is 1. The maximum absolute atomic E-state index is 5.45. The largest absolute Gasteiger partial charge is 0.361 e. The number of rotatable bonds is 6. The van der Waals surface area contributed by atoms with Crippen molar-refractivity contribution < 1.29 is 0 Å². The summed E-state index contributed by atoms with van der Waals surface area (Å²) in [7, 11) is 0. The van der Waals surface area contributed by atoms with Gasteiger partial charge < -0.3 is 16.0 Å². The minimum Gasteiger partial charge on any atom is -0.361 e. The molecule has 0 saturated carbocycles. The van der Waals surface area contributed by atoms with E-state index in [1.165, 1.54) is 16.5 Å². The Labute approximate surface area is 96.0 Å². The zero-order valence-corrected chi connectivity index (χ0v) is 9.50. The van der Waals surface area contributed by atoms with Crippen LogP contribution in [0.2, 0.25) is 0 Å². The molecule has 0 unspecified atom stereocenters. The van der Waals surface area contributed by atoms with Crippen LogP contribution in [-0.4, -0.2) is 18.1 Å². The van der Waals surface area contributed by atoms with Crippen molar-refractivity contribution >= 4 is 10.9 Å². The first-order valence-corrected chi connectivity index (χ1v) is 5.87. The Balaban J connectivity index is 1.89. The molecule has 2 rings (SSSR count). The lowest BCUT2D eigenvalue weighted by molar-refractivity contribution is 0.629. The van der Waals surface area contributed by atoms with Crippen LogP contribution in [0.15, 0.2) is 30.5 Å². The van der Waals surface area contributed by atoms with Crippen molar-refractivity contribution in [2.75, 3.05) is 13.1 Å². The fourth-order valence-corrected chi connectivity index (χ4v) is 1.90. The van der Waals surface area contributed by atoms with E-state index in [1.807, 2.05) is 0 Å². The maximum Gasteiger partial charge on any atom is 0.0457 e. The molecule has 0 spiro atoms. The SMILES string of the molecule is NCCCCNCc1c[nH]c2ccccc12. The van der Waals surface area contributed by atoms with Gasteiger partial charge in [-0.05, 0) is 37.6 Å². The van der Waals surface area contributed by atoms with E-state index < -0.39 is 0 Å². The summed E-state index contributed by atoms with van der Waals surface area (Å²) in [5.74, 6) is 0. The van der Waals surface area contributed by atoms with Crippen LogP contribution < -0.4 is 11.1 Å². The normalized spacial score (nSPS) is 11.1. The molecule has 0 aliphatic carbocycles. The molecular formula is C13H19N3. The van der Waals surface area contributed by atoms with Crippen molar-refractivity contribution in [2.45, 2.75) is 19.4 Å². The smallest absolute Gasteiger partial charge is 0.0457 e. The predicted octanol–water partition coefficient (Wildman–Crippen LogP) is 2.00. The standard InChI is InChI=1S/C13H19N3/c14-7-3-4-8-15-9-11-10-16-13-6-2-1-5-12(11)13/h1-2,5-6,10,15-16H,3-4,7-9,14H2. The Morgan fingerprint density at radius 3 is 2.94 bits per heavy atom. The van der Waals surface area contributed by atoms with Gasteiger partial charge in [-0.15, -0.1) is 0 Å². The topological polar surface area (TPSA) is 53.8 Å². The zero-order chi connectivity index (χ0) is 11.2. The average molecular weight is 217 g/mol. The second kappa shape index (κ2) is 5.68. The molecule has 1 heterocycles. The summed E-state index contributed by atoms with van der Waals surface area (Å²) in [4.78, 5) is 3.28. The first-order valence-electron chi connectivity index (χ1n) is 5.87. The lowest BCUT2D eigenvalue weighted by Gasteiger charge is -2.02. The molecule has 0 aliphatic heterocycles. The van der Waals surface area contributed by atoms with Crippen molar-refractivity contribution in [1.82, 2.24) is 10.3 Å². The van der Waals surface area contributed by atoms with Crippen LogP contribution in [-0.2, 0) is 6.54 Å². The number of H-pyrrole nitrogens is 1. The predicted molar refractivity (Wildman–Crippen MR) is 68.3 cm³/mol. The Bertz CT molecular complexity index is 433. The lowest BCUT2D eigenvalue weighted by Crippen LogP contribution is -2.15. The molecule has 3 heteroatoms. The monoisotopic (exact) mass is 217 g/mol. The zero-order valence-electron chi connectivity index (χ0n) is 9.50. The summed E-state index contributed by atoms with van der Waals surface area (Å²) in [5, 5.41) is 4.75. The second-order valence-corrected chi connectivity index (χ2v) is 4.03. The minimum absolute atomic E-state index is 0.786. The number of aromatic nitrogens is 1. The summed E-state index contributed by atoms with van der Waals surface area (Å²) < 4.78 is 0. The van der Waals surface area contributed by atoms with Crippen LogP contribution >= 0.6 is 0 Å². The van der Waals surface area contributed by atoms with E-state index >= 15 is 0 Å². The van der Waals surface area contributed by atoms with E-state index in [9.17, 15) is 0 Å². The molecule has 0 amide bonds. The van der Waals surface area contributed by atoms with Gasteiger partial charge in [-0.2, -0.15) is 0 Å². The number of hydrogen-bond donors (Lipinski definition) is 3. The highest BCUT2D eigenvalue weighted by Gasteiger charge is 2.01. The van der Waals surface area contributed by atoms with Crippen molar-refractivity contribution in [3.63, 3.8) is 0 Å². The Morgan fingerprint density at radius 1 is 1.19 bits per heavy atom. The number of nitrogens with one attached hydrogen (secondary N) is 2. The third-order valence-electron chi connectivity index (χ3n) is 2.80. The molecule has 3 nitrogen and oxygen atoms in total. The van der Waals surface area contributed by atoms with Gasteiger partial charge in [0.25, 0.3) is 0 Å². The van der Waals surface area contributed by atoms with Crippen LogP contribution in [0.4, 0.5) is 0 Å². The van der Waals surface area contributed by atoms with Gasteiger partial charge in [0.05, 0.1) is 0 Å². The van der Waals surface area contributed by atoms with Gasteiger partial charge in [0.2, 0.25) is 0 Å². The van der Waals surface area contributed by atoms with Crippen molar-refractivity contribution in [1.29, 1.82) is 0 Å². The summed E-state index contributed by atoms with van der Waals surface area (Å²) in [6, 6.07) is 8.39. The van der Waals surface area contributed by atoms with Gasteiger partial charge in [-0.3, -0.25) is 0 Å². The summed E-state index contributed by atoms with van der Waals surface area (Å²) in [6.45, 7) is 2.75. The van der Waals surface area contributed by atoms with E-state index in [0.29, 0.717) is 0 Å². The Hall–Kier alpha value is -1.32. The van der Waals surface area contributed by atoms with E-state index in [4.69, 9.17) is 5.73 Å². The van der Waals surface area contributed by atoms with E-state index in [0.717, 1.165) is 32.5 Å². The molecule has 1 aromatic carbocycles. The van der Waals surface area contributed by atoms with Gasteiger partial charge in [-0.1, -0.05) is 18.2 Å². The Kier molecular flexibility index (Phi) is 3.97. The second-order valence-electron chi connectivity index (χ2n) is 4.03. The summed E-state index contributed by atoms with van der Waals surface area (Å²) in [5.41, 5.74) is 7.99. The van der Waals surface area contributed by atoms with Crippen molar-refractivity contribution in [2.24, 2.45) is 5.73 Å². The number of para-hydroxylation sites is 1.